The van der Waals surface area contributed by atoms with Gasteiger partial charge in [0.1, 0.15) is 5.82 Å². The molecule has 0 spiro atoms. The lowest BCUT2D eigenvalue weighted by molar-refractivity contribution is 0.0338. The Morgan fingerprint density at radius 3 is 2.71 bits per heavy atom. The number of aryl methyl sites for hydroxylation is 1. The van der Waals surface area contributed by atoms with Crippen molar-refractivity contribution in [3.8, 4) is 11.4 Å². The van der Waals surface area contributed by atoms with Gasteiger partial charge < -0.3 is 10.0 Å². The summed E-state index contributed by atoms with van der Waals surface area (Å²) >= 11 is 0. The molecule has 1 aromatic heterocycles. The van der Waals surface area contributed by atoms with Gasteiger partial charge in [0, 0.05) is 30.8 Å². The van der Waals surface area contributed by atoms with Crippen LogP contribution in [0.25, 0.3) is 11.4 Å². The van der Waals surface area contributed by atoms with Gasteiger partial charge in [-0.1, -0.05) is 19.1 Å². The summed E-state index contributed by atoms with van der Waals surface area (Å²) in [6.45, 7) is 5.54. The molecule has 3 rings (SSSR count). The fraction of sp³-hybridized carbons (Fsp3) is 0.500. The van der Waals surface area contributed by atoms with Crippen molar-refractivity contribution in [1.29, 1.82) is 0 Å². The maximum atomic E-state index is 12.8. The van der Waals surface area contributed by atoms with Gasteiger partial charge in [0.25, 0.3) is 5.91 Å². The molecule has 2 N–H and O–H groups in total. The van der Waals surface area contributed by atoms with E-state index in [9.17, 15) is 9.90 Å². The Labute approximate surface area is 141 Å². The number of nitrogens with zero attached hydrogens (tertiary/aromatic N) is 3. The number of benzene rings is 1. The number of aliphatic hydroxyl groups excluding tert-OH is 1. The molecule has 0 bridgehead atoms. The Morgan fingerprint density at radius 1 is 1.38 bits per heavy atom. The van der Waals surface area contributed by atoms with E-state index in [2.05, 4.69) is 22.1 Å². The third kappa shape index (κ3) is 3.19. The number of aliphatic hydroxyl groups is 1. The SMILES string of the molecule is CCC1(CO)CCN(C(=O)c2cccc(-c3n[nH]c(C)n3)c2)CC1. The normalized spacial score (nSPS) is 17.0. The van der Waals surface area contributed by atoms with Crippen LogP contribution in [0.5, 0.6) is 0 Å². The van der Waals surface area contributed by atoms with Gasteiger partial charge in [0.2, 0.25) is 0 Å². The number of aromatic amines is 1. The Kier molecular flexibility index (Phi) is 4.66. The smallest absolute Gasteiger partial charge is 0.253 e. The van der Waals surface area contributed by atoms with E-state index in [-0.39, 0.29) is 17.9 Å². The first kappa shape index (κ1) is 16.6. The number of hydrogen-bond acceptors (Lipinski definition) is 4. The van der Waals surface area contributed by atoms with Crippen LogP contribution in [0.15, 0.2) is 24.3 Å². The van der Waals surface area contributed by atoms with E-state index in [4.69, 9.17) is 0 Å². The average molecular weight is 328 g/mol. The van der Waals surface area contributed by atoms with Crippen molar-refractivity contribution in [2.45, 2.75) is 33.1 Å². The first-order chi connectivity index (χ1) is 11.6. The highest BCUT2D eigenvalue weighted by Gasteiger charge is 2.34. The summed E-state index contributed by atoms with van der Waals surface area (Å²) in [6, 6.07) is 7.45. The topological polar surface area (TPSA) is 82.1 Å². The number of carbonyl (C=O) groups is 1. The van der Waals surface area contributed by atoms with Crippen LogP contribution in [-0.2, 0) is 0 Å². The third-order valence-electron chi connectivity index (χ3n) is 5.16. The highest BCUT2D eigenvalue weighted by atomic mass is 16.3. The second-order valence-electron chi connectivity index (χ2n) is 6.63. The summed E-state index contributed by atoms with van der Waals surface area (Å²) in [5.41, 5.74) is 1.47. The Hall–Kier alpha value is -2.21. The summed E-state index contributed by atoms with van der Waals surface area (Å²) in [7, 11) is 0. The monoisotopic (exact) mass is 328 g/mol. The average Bonchev–Trinajstić information content (AvgIpc) is 3.08. The molecule has 6 heteroatoms. The fourth-order valence-electron chi connectivity index (χ4n) is 3.25. The van der Waals surface area contributed by atoms with E-state index in [0.29, 0.717) is 24.5 Å². The van der Waals surface area contributed by atoms with Gasteiger partial charge >= 0.3 is 0 Å². The fourth-order valence-corrected chi connectivity index (χ4v) is 3.25. The summed E-state index contributed by atoms with van der Waals surface area (Å²) in [5, 5.41) is 16.6. The first-order valence-corrected chi connectivity index (χ1v) is 8.46. The molecule has 1 aliphatic rings. The molecule has 2 aromatic rings. The number of nitrogens with one attached hydrogen (secondary N) is 1. The minimum Gasteiger partial charge on any atom is -0.396 e. The van der Waals surface area contributed by atoms with E-state index in [1.54, 1.807) is 0 Å². The van der Waals surface area contributed by atoms with E-state index >= 15 is 0 Å². The van der Waals surface area contributed by atoms with Crippen LogP contribution >= 0.6 is 0 Å². The van der Waals surface area contributed by atoms with Crippen molar-refractivity contribution in [3.63, 3.8) is 0 Å². The zero-order valence-electron chi connectivity index (χ0n) is 14.2. The molecule has 1 saturated heterocycles. The second kappa shape index (κ2) is 6.73. The van der Waals surface area contributed by atoms with Crippen molar-refractivity contribution in [2.24, 2.45) is 5.41 Å². The van der Waals surface area contributed by atoms with Gasteiger partial charge in [-0.25, -0.2) is 4.98 Å². The molecule has 128 valence electrons. The molecular weight excluding hydrogens is 304 g/mol. The Bertz CT molecular complexity index is 711. The molecule has 1 fully saturated rings. The highest BCUT2D eigenvalue weighted by Crippen LogP contribution is 2.34. The van der Waals surface area contributed by atoms with Crippen LogP contribution in [0.2, 0.25) is 0 Å². The Morgan fingerprint density at radius 2 is 2.12 bits per heavy atom. The van der Waals surface area contributed by atoms with E-state index in [1.165, 1.54) is 0 Å². The van der Waals surface area contributed by atoms with Crippen molar-refractivity contribution >= 4 is 5.91 Å². The van der Waals surface area contributed by atoms with Gasteiger partial charge in [-0.2, -0.15) is 5.10 Å². The van der Waals surface area contributed by atoms with Gasteiger partial charge in [-0.3, -0.25) is 9.89 Å². The molecular formula is C18H24N4O2. The number of carbonyl (C=O) groups excluding carboxylic acids is 1. The summed E-state index contributed by atoms with van der Waals surface area (Å²) in [6.07, 6.45) is 2.66. The van der Waals surface area contributed by atoms with Crippen LogP contribution in [-0.4, -0.2) is 50.8 Å². The van der Waals surface area contributed by atoms with Crippen LogP contribution in [0.4, 0.5) is 0 Å². The number of rotatable bonds is 4. The van der Waals surface area contributed by atoms with Gasteiger partial charge in [0.05, 0.1) is 0 Å². The Balaban J connectivity index is 1.74. The predicted molar refractivity (Wildman–Crippen MR) is 91.5 cm³/mol. The zero-order chi connectivity index (χ0) is 17.2. The molecule has 0 atom stereocenters. The van der Waals surface area contributed by atoms with E-state index in [1.807, 2.05) is 36.1 Å². The molecule has 0 radical (unpaired) electrons. The minimum atomic E-state index is -0.0187. The third-order valence-corrected chi connectivity index (χ3v) is 5.16. The molecule has 1 aromatic carbocycles. The lowest BCUT2D eigenvalue weighted by Gasteiger charge is -2.40. The maximum absolute atomic E-state index is 12.8. The first-order valence-electron chi connectivity index (χ1n) is 8.46. The van der Waals surface area contributed by atoms with E-state index < -0.39 is 0 Å². The van der Waals surface area contributed by atoms with E-state index in [0.717, 1.165) is 30.7 Å². The molecule has 24 heavy (non-hydrogen) atoms. The van der Waals surface area contributed by atoms with Gasteiger partial charge in [-0.05, 0) is 43.7 Å². The lowest BCUT2D eigenvalue weighted by Crippen LogP contribution is -2.44. The quantitative estimate of drug-likeness (QED) is 0.903. The largest absolute Gasteiger partial charge is 0.396 e. The van der Waals surface area contributed by atoms with Crippen molar-refractivity contribution < 1.29 is 9.90 Å². The summed E-state index contributed by atoms with van der Waals surface area (Å²) < 4.78 is 0. The zero-order valence-corrected chi connectivity index (χ0v) is 14.2. The molecule has 1 amide bonds. The van der Waals surface area contributed by atoms with Crippen molar-refractivity contribution in [3.05, 3.63) is 35.7 Å². The number of amides is 1. The minimum absolute atomic E-state index is 0.0187. The highest BCUT2D eigenvalue weighted by molar-refractivity contribution is 5.95. The molecule has 1 aliphatic heterocycles. The van der Waals surface area contributed by atoms with Crippen LogP contribution in [0, 0.1) is 12.3 Å². The summed E-state index contributed by atoms with van der Waals surface area (Å²) in [4.78, 5) is 19.0. The van der Waals surface area contributed by atoms with Gasteiger partial charge in [-0.15, -0.1) is 0 Å². The van der Waals surface area contributed by atoms with Crippen molar-refractivity contribution in [2.75, 3.05) is 19.7 Å². The van der Waals surface area contributed by atoms with Crippen molar-refractivity contribution in [1.82, 2.24) is 20.1 Å². The number of piperidine rings is 1. The number of hydrogen-bond donors (Lipinski definition) is 2. The summed E-state index contributed by atoms with van der Waals surface area (Å²) in [5.74, 6) is 1.38. The maximum Gasteiger partial charge on any atom is 0.253 e. The molecule has 6 nitrogen and oxygen atoms in total. The molecule has 2 heterocycles. The number of likely N-dealkylation sites (tertiary alicyclic amines) is 1. The van der Waals surface area contributed by atoms with Gasteiger partial charge in [0.15, 0.2) is 5.82 Å². The number of aromatic nitrogens is 3. The van der Waals surface area contributed by atoms with Crippen LogP contribution < -0.4 is 0 Å². The van der Waals surface area contributed by atoms with Crippen LogP contribution in [0.1, 0.15) is 42.4 Å². The number of H-pyrrole nitrogens is 1. The molecule has 0 aliphatic carbocycles. The van der Waals surface area contributed by atoms with Crippen LogP contribution in [0.3, 0.4) is 0 Å². The second-order valence-corrected chi connectivity index (χ2v) is 6.63. The lowest BCUT2D eigenvalue weighted by atomic mass is 9.77. The standard InChI is InChI=1S/C18H24N4O2/c1-3-18(12-23)7-9-22(10-8-18)17(24)15-6-4-5-14(11-15)16-19-13(2)20-21-16/h4-6,11,23H,3,7-10,12H2,1-2H3,(H,19,20,21). The molecule has 0 unspecified atom stereocenters. The molecule has 0 saturated carbocycles. The predicted octanol–water partition coefficient (Wildman–Crippen LogP) is 2.40.